The molecule has 1 heterocycles. The van der Waals surface area contributed by atoms with Gasteiger partial charge in [-0.25, -0.2) is 8.42 Å². The fourth-order valence-corrected chi connectivity index (χ4v) is 4.15. The average molecular weight is 233 g/mol. The first-order valence-electron chi connectivity index (χ1n) is 5.64. The van der Waals surface area contributed by atoms with E-state index in [-0.39, 0.29) is 5.41 Å². The third-order valence-electron chi connectivity index (χ3n) is 3.31. The molecule has 1 atom stereocenters. The Bertz CT molecular complexity index is 289. The van der Waals surface area contributed by atoms with Crippen LogP contribution in [-0.4, -0.2) is 33.0 Å². The first-order valence-corrected chi connectivity index (χ1v) is 7.46. The molecule has 0 bridgehead atoms. The summed E-state index contributed by atoms with van der Waals surface area (Å²) in [6.45, 7) is 6.62. The van der Waals surface area contributed by atoms with Crippen molar-refractivity contribution in [2.24, 2.45) is 11.3 Å². The molecule has 1 aliphatic rings. The van der Waals surface area contributed by atoms with Crippen LogP contribution in [0.25, 0.3) is 0 Å². The fourth-order valence-electron chi connectivity index (χ4n) is 2.62. The van der Waals surface area contributed by atoms with Gasteiger partial charge in [0.05, 0.1) is 11.5 Å². The Morgan fingerprint density at radius 2 is 1.67 bits per heavy atom. The minimum atomic E-state index is -2.73. The summed E-state index contributed by atoms with van der Waals surface area (Å²) in [7, 11) is -0.759. The van der Waals surface area contributed by atoms with Crippen LogP contribution in [0.4, 0.5) is 0 Å². The molecule has 4 heteroatoms. The highest BCUT2D eigenvalue weighted by atomic mass is 32.2. The lowest BCUT2D eigenvalue weighted by atomic mass is 9.77. The van der Waals surface area contributed by atoms with Crippen molar-refractivity contribution in [3.63, 3.8) is 0 Å². The molecule has 0 spiro atoms. The normalized spacial score (nSPS) is 25.1. The molecule has 0 radical (unpaired) electrons. The number of sulfone groups is 1. The molecule has 0 aliphatic carbocycles. The van der Waals surface area contributed by atoms with Crippen molar-refractivity contribution in [1.29, 1.82) is 0 Å². The van der Waals surface area contributed by atoms with E-state index in [9.17, 15) is 8.42 Å². The Labute approximate surface area is 93.6 Å². The highest BCUT2D eigenvalue weighted by Gasteiger charge is 2.34. The summed E-state index contributed by atoms with van der Waals surface area (Å²) in [5.41, 5.74) is 0.195. The molecule has 90 valence electrons. The van der Waals surface area contributed by atoms with Crippen LogP contribution in [0.1, 0.15) is 33.6 Å². The van der Waals surface area contributed by atoms with Crippen molar-refractivity contribution >= 4 is 9.84 Å². The summed E-state index contributed by atoms with van der Waals surface area (Å²) < 4.78 is 22.7. The predicted octanol–water partition coefficient (Wildman–Crippen LogP) is 1.45. The maximum atomic E-state index is 11.3. The van der Waals surface area contributed by atoms with Crippen molar-refractivity contribution < 1.29 is 8.42 Å². The van der Waals surface area contributed by atoms with E-state index in [0.29, 0.717) is 23.5 Å². The SMILES string of the molecule is CNC(C1CCS(=O)(=O)CC1)C(C)(C)C. The summed E-state index contributed by atoms with van der Waals surface area (Å²) in [5, 5.41) is 3.34. The van der Waals surface area contributed by atoms with Gasteiger partial charge in [-0.1, -0.05) is 20.8 Å². The molecule has 1 unspecified atom stereocenters. The minimum Gasteiger partial charge on any atom is -0.316 e. The van der Waals surface area contributed by atoms with Gasteiger partial charge in [0.1, 0.15) is 9.84 Å². The standard InChI is InChI=1S/C11H23NO2S/c1-11(2,3)10(12-4)9-5-7-15(13,14)8-6-9/h9-10,12H,5-8H2,1-4H3. The lowest BCUT2D eigenvalue weighted by Crippen LogP contribution is -2.46. The van der Waals surface area contributed by atoms with Gasteiger partial charge in [0.2, 0.25) is 0 Å². The molecular formula is C11H23NO2S. The van der Waals surface area contributed by atoms with Crippen molar-refractivity contribution in [2.75, 3.05) is 18.6 Å². The Kier molecular flexibility index (Phi) is 3.82. The molecule has 0 amide bonds. The molecule has 0 aromatic heterocycles. The van der Waals surface area contributed by atoms with Gasteiger partial charge in [-0.15, -0.1) is 0 Å². The first-order chi connectivity index (χ1) is 6.76. The van der Waals surface area contributed by atoms with Crippen LogP contribution < -0.4 is 5.32 Å². The average Bonchev–Trinajstić information content (AvgIpc) is 2.06. The number of hydrogen-bond donors (Lipinski definition) is 1. The fraction of sp³-hybridized carbons (Fsp3) is 1.00. The zero-order valence-electron chi connectivity index (χ0n) is 10.2. The topological polar surface area (TPSA) is 46.2 Å². The number of nitrogens with one attached hydrogen (secondary N) is 1. The Hall–Kier alpha value is -0.0900. The third-order valence-corrected chi connectivity index (χ3v) is 5.03. The zero-order chi connectivity index (χ0) is 11.7. The van der Waals surface area contributed by atoms with E-state index in [1.807, 2.05) is 7.05 Å². The third kappa shape index (κ3) is 3.45. The zero-order valence-corrected chi connectivity index (χ0v) is 11.0. The van der Waals surface area contributed by atoms with Crippen molar-refractivity contribution in [3.05, 3.63) is 0 Å². The maximum Gasteiger partial charge on any atom is 0.150 e. The van der Waals surface area contributed by atoms with E-state index in [1.165, 1.54) is 0 Å². The van der Waals surface area contributed by atoms with E-state index in [1.54, 1.807) is 0 Å². The van der Waals surface area contributed by atoms with E-state index >= 15 is 0 Å². The largest absolute Gasteiger partial charge is 0.316 e. The van der Waals surface area contributed by atoms with Crippen LogP contribution >= 0.6 is 0 Å². The monoisotopic (exact) mass is 233 g/mol. The summed E-state index contributed by atoms with van der Waals surface area (Å²) in [4.78, 5) is 0. The summed E-state index contributed by atoms with van der Waals surface area (Å²) >= 11 is 0. The van der Waals surface area contributed by atoms with Crippen LogP contribution in [0.3, 0.4) is 0 Å². The molecule has 1 aliphatic heterocycles. The summed E-state index contributed by atoms with van der Waals surface area (Å²) in [6.07, 6.45) is 1.62. The van der Waals surface area contributed by atoms with Gasteiger partial charge in [0.25, 0.3) is 0 Å². The smallest absolute Gasteiger partial charge is 0.150 e. The molecule has 15 heavy (non-hydrogen) atoms. The molecule has 1 rings (SSSR count). The van der Waals surface area contributed by atoms with Gasteiger partial charge in [-0.05, 0) is 31.2 Å². The van der Waals surface area contributed by atoms with Crippen LogP contribution in [-0.2, 0) is 9.84 Å². The Morgan fingerprint density at radius 3 is 2.00 bits per heavy atom. The molecule has 0 aromatic carbocycles. The van der Waals surface area contributed by atoms with E-state index in [2.05, 4.69) is 26.1 Å². The second kappa shape index (κ2) is 4.42. The van der Waals surface area contributed by atoms with Crippen LogP contribution in [0.5, 0.6) is 0 Å². The molecule has 1 saturated heterocycles. The quantitative estimate of drug-likeness (QED) is 0.785. The van der Waals surface area contributed by atoms with E-state index in [4.69, 9.17) is 0 Å². The summed E-state index contributed by atoms with van der Waals surface area (Å²) in [6, 6.07) is 0.410. The molecule has 3 nitrogen and oxygen atoms in total. The van der Waals surface area contributed by atoms with E-state index < -0.39 is 9.84 Å². The molecule has 1 fully saturated rings. The van der Waals surface area contributed by atoms with Gasteiger partial charge in [0, 0.05) is 6.04 Å². The van der Waals surface area contributed by atoms with Gasteiger partial charge in [-0.2, -0.15) is 0 Å². The van der Waals surface area contributed by atoms with Crippen LogP contribution in [0.2, 0.25) is 0 Å². The lowest BCUT2D eigenvalue weighted by molar-refractivity contribution is 0.191. The second-order valence-corrected chi connectivity index (χ2v) is 7.93. The minimum absolute atomic E-state index is 0.195. The number of rotatable bonds is 2. The van der Waals surface area contributed by atoms with Crippen molar-refractivity contribution in [2.45, 2.75) is 39.7 Å². The van der Waals surface area contributed by atoms with Gasteiger partial charge < -0.3 is 5.32 Å². The lowest BCUT2D eigenvalue weighted by Gasteiger charge is -2.38. The Morgan fingerprint density at radius 1 is 1.20 bits per heavy atom. The highest BCUT2D eigenvalue weighted by molar-refractivity contribution is 7.91. The first kappa shape index (κ1) is 13.0. The molecule has 0 aromatic rings. The van der Waals surface area contributed by atoms with Crippen LogP contribution in [0.15, 0.2) is 0 Å². The van der Waals surface area contributed by atoms with Gasteiger partial charge in [0.15, 0.2) is 0 Å². The van der Waals surface area contributed by atoms with Crippen molar-refractivity contribution in [1.82, 2.24) is 5.32 Å². The molecular weight excluding hydrogens is 210 g/mol. The molecule has 1 N–H and O–H groups in total. The second-order valence-electron chi connectivity index (χ2n) is 5.62. The van der Waals surface area contributed by atoms with E-state index in [0.717, 1.165) is 12.8 Å². The maximum absolute atomic E-state index is 11.3. The van der Waals surface area contributed by atoms with Crippen molar-refractivity contribution in [3.8, 4) is 0 Å². The molecule has 0 saturated carbocycles. The Balaban J connectivity index is 2.66. The van der Waals surface area contributed by atoms with Gasteiger partial charge in [-0.3, -0.25) is 0 Å². The van der Waals surface area contributed by atoms with Gasteiger partial charge >= 0.3 is 0 Å². The predicted molar refractivity (Wildman–Crippen MR) is 63.7 cm³/mol. The summed E-state index contributed by atoms with van der Waals surface area (Å²) in [5.74, 6) is 1.23. The van der Waals surface area contributed by atoms with Crippen LogP contribution in [0, 0.1) is 11.3 Å². The highest BCUT2D eigenvalue weighted by Crippen LogP contribution is 2.32. The number of hydrogen-bond acceptors (Lipinski definition) is 3.